The normalized spacial score (nSPS) is 22.0. The highest BCUT2D eigenvalue weighted by Crippen LogP contribution is 2.24. The second kappa shape index (κ2) is 6.74. The van der Waals surface area contributed by atoms with Crippen LogP contribution in [-0.4, -0.2) is 32.8 Å². The SMILES string of the molecule is CCc1cc(C(=O)NC2CCCC(C(=O)O)C2)n(CC)n1. The van der Waals surface area contributed by atoms with Gasteiger partial charge < -0.3 is 10.4 Å². The average Bonchev–Trinajstić information content (AvgIpc) is 2.91. The lowest BCUT2D eigenvalue weighted by molar-refractivity contribution is -0.143. The van der Waals surface area contributed by atoms with Crippen molar-refractivity contribution in [2.45, 2.75) is 58.5 Å². The number of nitrogens with zero attached hydrogens (tertiary/aromatic N) is 2. The van der Waals surface area contributed by atoms with E-state index in [0.717, 1.165) is 25.0 Å². The van der Waals surface area contributed by atoms with Gasteiger partial charge in [0, 0.05) is 12.6 Å². The summed E-state index contributed by atoms with van der Waals surface area (Å²) < 4.78 is 1.70. The number of rotatable bonds is 5. The van der Waals surface area contributed by atoms with E-state index in [1.165, 1.54) is 0 Å². The first-order valence-electron chi connectivity index (χ1n) is 7.65. The van der Waals surface area contributed by atoms with Crippen LogP contribution < -0.4 is 5.32 Å². The van der Waals surface area contributed by atoms with E-state index in [2.05, 4.69) is 10.4 Å². The van der Waals surface area contributed by atoms with Crippen molar-refractivity contribution in [3.8, 4) is 0 Å². The standard InChI is InChI=1S/C15H23N3O3/c1-3-11-9-13(18(4-2)17-11)14(19)16-12-7-5-6-10(8-12)15(20)21/h9-10,12H,3-8H2,1-2H3,(H,16,19)(H,20,21). The van der Waals surface area contributed by atoms with Crippen LogP contribution in [-0.2, 0) is 17.8 Å². The van der Waals surface area contributed by atoms with Crippen LogP contribution in [0.3, 0.4) is 0 Å². The maximum atomic E-state index is 12.4. The van der Waals surface area contributed by atoms with E-state index in [0.29, 0.717) is 25.1 Å². The van der Waals surface area contributed by atoms with Gasteiger partial charge in [-0.15, -0.1) is 0 Å². The summed E-state index contributed by atoms with van der Waals surface area (Å²) in [7, 11) is 0. The van der Waals surface area contributed by atoms with Crippen LogP contribution in [0.1, 0.15) is 55.7 Å². The van der Waals surface area contributed by atoms with Crippen LogP contribution in [0.15, 0.2) is 6.07 Å². The molecule has 0 radical (unpaired) electrons. The Labute approximate surface area is 124 Å². The molecule has 2 rings (SSSR count). The van der Waals surface area contributed by atoms with Crippen molar-refractivity contribution < 1.29 is 14.7 Å². The van der Waals surface area contributed by atoms with Gasteiger partial charge in [0.1, 0.15) is 5.69 Å². The first kappa shape index (κ1) is 15.5. The number of carboxylic acid groups (broad SMARTS) is 1. The van der Waals surface area contributed by atoms with E-state index in [1.54, 1.807) is 4.68 Å². The highest BCUT2D eigenvalue weighted by Gasteiger charge is 2.28. The Morgan fingerprint density at radius 2 is 2.19 bits per heavy atom. The van der Waals surface area contributed by atoms with Gasteiger partial charge >= 0.3 is 5.97 Å². The highest BCUT2D eigenvalue weighted by molar-refractivity contribution is 5.93. The average molecular weight is 293 g/mol. The molecule has 1 aliphatic carbocycles. The summed E-state index contributed by atoms with van der Waals surface area (Å²) >= 11 is 0. The predicted molar refractivity (Wildman–Crippen MR) is 78.1 cm³/mol. The summed E-state index contributed by atoms with van der Waals surface area (Å²) in [5.74, 6) is -1.26. The van der Waals surface area contributed by atoms with Gasteiger partial charge in [-0.25, -0.2) is 0 Å². The van der Waals surface area contributed by atoms with E-state index in [4.69, 9.17) is 5.11 Å². The highest BCUT2D eigenvalue weighted by atomic mass is 16.4. The van der Waals surface area contributed by atoms with Crippen molar-refractivity contribution in [3.05, 3.63) is 17.5 Å². The number of hydrogen-bond acceptors (Lipinski definition) is 3. The molecule has 0 saturated heterocycles. The summed E-state index contributed by atoms with van der Waals surface area (Å²) in [4.78, 5) is 23.5. The van der Waals surface area contributed by atoms with Gasteiger partial charge in [-0.1, -0.05) is 13.3 Å². The molecule has 2 unspecified atom stereocenters. The number of carbonyl (C=O) groups excluding carboxylic acids is 1. The molecule has 1 heterocycles. The van der Waals surface area contributed by atoms with Crippen LogP contribution in [0.25, 0.3) is 0 Å². The van der Waals surface area contributed by atoms with E-state index < -0.39 is 5.97 Å². The molecule has 0 spiro atoms. The van der Waals surface area contributed by atoms with Gasteiger partial charge in [-0.2, -0.15) is 5.10 Å². The molecule has 6 heteroatoms. The smallest absolute Gasteiger partial charge is 0.306 e. The quantitative estimate of drug-likeness (QED) is 0.867. The largest absolute Gasteiger partial charge is 0.481 e. The number of hydrogen-bond donors (Lipinski definition) is 2. The molecule has 2 N–H and O–H groups in total. The molecule has 1 fully saturated rings. The monoisotopic (exact) mass is 293 g/mol. The minimum absolute atomic E-state index is 0.0577. The van der Waals surface area contributed by atoms with Crippen molar-refractivity contribution in [3.63, 3.8) is 0 Å². The fourth-order valence-electron chi connectivity index (χ4n) is 2.87. The van der Waals surface area contributed by atoms with Crippen molar-refractivity contribution in [1.82, 2.24) is 15.1 Å². The molecule has 1 aliphatic rings. The Morgan fingerprint density at radius 1 is 1.43 bits per heavy atom. The number of carboxylic acids is 1. The van der Waals surface area contributed by atoms with Crippen LogP contribution >= 0.6 is 0 Å². The molecule has 1 aromatic heterocycles. The van der Waals surface area contributed by atoms with E-state index in [9.17, 15) is 9.59 Å². The zero-order chi connectivity index (χ0) is 15.4. The van der Waals surface area contributed by atoms with Gasteiger partial charge in [0.2, 0.25) is 0 Å². The fourth-order valence-corrected chi connectivity index (χ4v) is 2.87. The number of aromatic nitrogens is 2. The third-order valence-corrected chi connectivity index (χ3v) is 4.08. The maximum absolute atomic E-state index is 12.4. The van der Waals surface area contributed by atoms with Crippen molar-refractivity contribution in [2.75, 3.05) is 0 Å². The first-order valence-corrected chi connectivity index (χ1v) is 7.65. The van der Waals surface area contributed by atoms with Gasteiger partial charge in [-0.05, 0) is 38.7 Å². The lowest BCUT2D eigenvalue weighted by Gasteiger charge is -2.27. The summed E-state index contributed by atoms with van der Waals surface area (Å²) in [5, 5.41) is 16.4. The predicted octanol–water partition coefficient (Wildman–Crippen LogP) is 1.84. The summed E-state index contributed by atoms with van der Waals surface area (Å²) in [6.45, 7) is 4.60. The zero-order valence-electron chi connectivity index (χ0n) is 12.6. The lowest BCUT2D eigenvalue weighted by atomic mass is 9.86. The van der Waals surface area contributed by atoms with Crippen molar-refractivity contribution >= 4 is 11.9 Å². The maximum Gasteiger partial charge on any atom is 0.306 e. The van der Waals surface area contributed by atoms with Gasteiger partial charge in [0.05, 0.1) is 11.6 Å². The van der Waals surface area contributed by atoms with Crippen molar-refractivity contribution in [2.24, 2.45) is 5.92 Å². The minimum Gasteiger partial charge on any atom is -0.481 e. The Bertz CT molecular complexity index is 524. The van der Waals surface area contributed by atoms with E-state index in [1.807, 2.05) is 19.9 Å². The van der Waals surface area contributed by atoms with Crippen LogP contribution in [0, 0.1) is 5.92 Å². The van der Waals surface area contributed by atoms with Gasteiger partial charge in [-0.3, -0.25) is 14.3 Å². The third kappa shape index (κ3) is 3.62. The third-order valence-electron chi connectivity index (χ3n) is 4.08. The number of aliphatic carboxylic acids is 1. The number of carbonyl (C=O) groups is 2. The minimum atomic E-state index is -0.763. The van der Waals surface area contributed by atoms with Crippen LogP contribution in [0.4, 0.5) is 0 Å². The Kier molecular flexibility index (Phi) is 4.98. The van der Waals surface area contributed by atoms with E-state index >= 15 is 0 Å². The second-order valence-corrected chi connectivity index (χ2v) is 5.56. The lowest BCUT2D eigenvalue weighted by Crippen LogP contribution is -2.40. The molecule has 0 aromatic carbocycles. The second-order valence-electron chi connectivity index (χ2n) is 5.56. The van der Waals surface area contributed by atoms with Crippen molar-refractivity contribution in [1.29, 1.82) is 0 Å². The number of aryl methyl sites for hydroxylation is 2. The molecule has 0 aliphatic heterocycles. The molecule has 116 valence electrons. The Morgan fingerprint density at radius 3 is 2.81 bits per heavy atom. The van der Waals surface area contributed by atoms with Gasteiger partial charge in [0.15, 0.2) is 0 Å². The summed E-state index contributed by atoms with van der Waals surface area (Å²) in [6.07, 6.45) is 3.69. The molecular formula is C15H23N3O3. The molecule has 6 nitrogen and oxygen atoms in total. The van der Waals surface area contributed by atoms with E-state index in [-0.39, 0.29) is 17.9 Å². The molecule has 1 saturated carbocycles. The van der Waals surface area contributed by atoms with Crippen LogP contribution in [0.2, 0.25) is 0 Å². The molecule has 1 amide bonds. The molecular weight excluding hydrogens is 270 g/mol. The Hall–Kier alpha value is -1.85. The van der Waals surface area contributed by atoms with Gasteiger partial charge in [0.25, 0.3) is 5.91 Å². The number of nitrogens with one attached hydrogen (secondary N) is 1. The summed E-state index contributed by atoms with van der Waals surface area (Å²) in [6, 6.07) is 1.76. The number of amides is 1. The van der Waals surface area contributed by atoms with Crippen LogP contribution in [0.5, 0.6) is 0 Å². The Balaban J connectivity index is 2.04. The molecule has 1 aromatic rings. The molecule has 2 atom stereocenters. The first-order chi connectivity index (χ1) is 10.0. The fraction of sp³-hybridized carbons (Fsp3) is 0.667. The topological polar surface area (TPSA) is 84.2 Å². The summed E-state index contributed by atoms with van der Waals surface area (Å²) in [5.41, 5.74) is 1.46. The molecule has 0 bridgehead atoms. The zero-order valence-corrected chi connectivity index (χ0v) is 12.6. The molecule has 21 heavy (non-hydrogen) atoms.